The number of H-pyrrole nitrogens is 1. The van der Waals surface area contributed by atoms with Crippen molar-refractivity contribution in [3.8, 4) is 5.69 Å². The molecule has 20 heavy (non-hydrogen) atoms. The molecule has 3 aromatic rings. The first kappa shape index (κ1) is 14.4. The van der Waals surface area contributed by atoms with Gasteiger partial charge in [0.25, 0.3) is 0 Å². The number of imidazole rings is 1. The van der Waals surface area contributed by atoms with E-state index in [-0.39, 0.29) is 0 Å². The molecule has 0 aliphatic rings. The number of hydrogen-bond donors (Lipinski definition) is 1. The molecule has 6 heteroatoms. The van der Waals surface area contributed by atoms with Crippen LogP contribution in [0.4, 0.5) is 0 Å². The van der Waals surface area contributed by atoms with Crippen LogP contribution in [0.2, 0.25) is 10.0 Å². The first-order valence-electron chi connectivity index (χ1n) is 5.83. The van der Waals surface area contributed by atoms with Crippen molar-refractivity contribution in [2.75, 3.05) is 0 Å². The summed E-state index contributed by atoms with van der Waals surface area (Å²) in [6.45, 7) is 1.93. The highest BCUT2D eigenvalue weighted by molar-refractivity contribution is 14.1. The number of benzene rings is 2. The van der Waals surface area contributed by atoms with Gasteiger partial charge in [0.1, 0.15) is 0 Å². The summed E-state index contributed by atoms with van der Waals surface area (Å²) in [5.41, 5.74) is 3.70. The lowest BCUT2D eigenvalue weighted by Gasteiger charge is -2.09. The highest BCUT2D eigenvalue weighted by atomic mass is 127. The third-order valence-electron chi connectivity index (χ3n) is 3.11. The van der Waals surface area contributed by atoms with E-state index in [1.54, 1.807) is 0 Å². The molecule has 0 aliphatic carbocycles. The molecule has 0 spiro atoms. The highest BCUT2D eigenvalue weighted by Crippen LogP contribution is 2.30. The molecule has 0 saturated carbocycles. The summed E-state index contributed by atoms with van der Waals surface area (Å²) in [6.07, 6.45) is 0. The second-order valence-electron chi connectivity index (χ2n) is 4.48. The summed E-state index contributed by atoms with van der Waals surface area (Å²) in [7, 11) is 0. The van der Waals surface area contributed by atoms with E-state index in [0.29, 0.717) is 14.8 Å². The van der Waals surface area contributed by atoms with Crippen LogP contribution >= 0.6 is 58.0 Å². The van der Waals surface area contributed by atoms with E-state index in [4.69, 9.17) is 35.4 Å². The maximum absolute atomic E-state index is 6.36. The summed E-state index contributed by atoms with van der Waals surface area (Å²) < 4.78 is 3.66. The van der Waals surface area contributed by atoms with Crippen LogP contribution in [-0.2, 0) is 0 Å². The highest BCUT2D eigenvalue weighted by Gasteiger charge is 2.12. The van der Waals surface area contributed by atoms with Crippen molar-refractivity contribution in [3.63, 3.8) is 0 Å². The Bertz CT molecular complexity index is 883. The number of fused-ring (bicyclic) bond motifs is 1. The molecule has 0 atom stereocenters. The molecular formula is C14H9Cl2IN2S. The second-order valence-corrected chi connectivity index (χ2v) is 6.93. The monoisotopic (exact) mass is 434 g/mol. The summed E-state index contributed by atoms with van der Waals surface area (Å²) >= 11 is 20.3. The van der Waals surface area contributed by atoms with Gasteiger partial charge in [-0.1, -0.05) is 23.2 Å². The van der Waals surface area contributed by atoms with Gasteiger partial charge >= 0.3 is 0 Å². The van der Waals surface area contributed by atoms with Crippen LogP contribution in [0.1, 0.15) is 5.56 Å². The molecule has 0 saturated heterocycles. The van der Waals surface area contributed by atoms with Crippen LogP contribution in [-0.4, -0.2) is 9.55 Å². The topological polar surface area (TPSA) is 20.7 Å². The smallest absolute Gasteiger partial charge is 0.182 e. The molecule has 0 unspecified atom stereocenters. The molecule has 2 nitrogen and oxygen atoms in total. The van der Waals surface area contributed by atoms with Crippen molar-refractivity contribution in [3.05, 3.63) is 54.3 Å². The average Bonchev–Trinajstić information content (AvgIpc) is 2.69. The van der Waals surface area contributed by atoms with Gasteiger partial charge in [-0.05, 0) is 77.6 Å². The molecule has 0 fully saturated rings. The van der Waals surface area contributed by atoms with Crippen molar-refractivity contribution in [1.29, 1.82) is 0 Å². The number of hydrogen-bond acceptors (Lipinski definition) is 1. The Kier molecular flexibility index (Phi) is 3.83. The van der Waals surface area contributed by atoms with Crippen LogP contribution in [0.15, 0.2) is 30.3 Å². The Balaban J connectivity index is 2.38. The Morgan fingerprint density at radius 2 is 1.90 bits per heavy atom. The summed E-state index contributed by atoms with van der Waals surface area (Å²) in [6, 6.07) is 9.80. The minimum atomic E-state index is 0.601. The van der Waals surface area contributed by atoms with E-state index >= 15 is 0 Å². The molecule has 1 heterocycles. The van der Waals surface area contributed by atoms with Crippen molar-refractivity contribution in [2.24, 2.45) is 0 Å². The Morgan fingerprint density at radius 1 is 1.15 bits per heavy atom. The largest absolute Gasteiger partial charge is 0.330 e. The number of halogens is 3. The quantitative estimate of drug-likeness (QED) is 0.373. The third kappa shape index (κ3) is 2.39. The van der Waals surface area contributed by atoms with Gasteiger partial charge < -0.3 is 4.98 Å². The van der Waals surface area contributed by atoms with Gasteiger partial charge in [0, 0.05) is 8.59 Å². The van der Waals surface area contributed by atoms with Crippen molar-refractivity contribution in [1.82, 2.24) is 9.55 Å². The van der Waals surface area contributed by atoms with Crippen LogP contribution in [0, 0.1) is 15.3 Å². The Hall–Kier alpha value is -0.560. The molecular weight excluding hydrogens is 426 g/mol. The number of aromatic amines is 1. The molecule has 0 radical (unpaired) electrons. The van der Waals surface area contributed by atoms with Crippen LogP contribution < -0.4 is 0 Å². The van der Waals surface area contributed by atoms with E-state index < -0.39 is 0 Å². The molecule has 0 bridgehead atoms. The summed E-state index contributed by atoms with van der Waals surface area (Å²) in [5, 5.41) is 1.30. The summed E-state index contributed by atoms with van der Waals surface area (Å²) in [5.74, 6) is 0. The number of aromatic nitrogens is 2. The third-order valence-corrected chi connectivity index (χ3v) is 4.78. The SMILES string of the molecule is Cc1cc(Cl)c(-n2c(=S)[nH]c3cc(I)ccc32)cc1Cl. The maximum atomic E-state index is 6.36. The fourth-order valence-electron chi connectivity index (χ4n) is 2.13. The van der Waals surface area contributed by atoms with E-state index in [2.05, 4.69) is 27.6 Å². The van der Waals surface area contributed by atoms with E-state index in [0.717, 1.165) is 25.9 Å². The van der Waals surface area contributed by atoms with Crippen LogP contribution in [0.25, 0.3) is 16.7 Å². The van der Waals surface area contributed by atoms with Crippen molar-refractivity contribution in [2.45, 2.75) is 6.92 Å². The van der Waals surface area contributed by atoms with Gasteiger partial charge in [-0.25, -0.2) is 0 Å². The molecule has 1 N–H and O–H groups in total. The zero-order chi connectivity index (χ0) is 14.4. The maximum Gasteiger partial charge on any atom is 0.182 e. The number of nitrogens with one attached hydrogen (secondary N) is 1. The van der Waals surface area contributed by atoms with Crippen molar-refractivity contribution >= 4 is 69.0 Å². The lowest BCUT2D eigenvalue weighted by Crippen LogP contribution is -1.96. The normalized spacial score (nSPS) is 11.2. The van der Waals surface area contributed by atoms with Gasteiger partial charge in [0.05, 0.1) is 21.7 Å². The predicted octanol–water partition coefficient (Wildman–Crippen LogP) is 5.91. The van der Waals surface area contributed by atoms with Gasteiger partial charge in [-0.3, -0.25) is 4.57 Å². The predicted molar refractivity (Wildman–Crippen MR) is 95.9 cm³/mol. The van der Waals surface area contributed by atoms with Crippen LogP contribution in [0.3, 0.4) is 0 Å². The lowest BCUT2D eigenvalue weighted by atomic mass is 10.2. The van der Waals surface area contributed by atoms with E-state index in [1.807, 2.05) is 41.8 Å². The first-order chi connectivity index (χ1) is 9.47. The van der Waals surface area contributed by atoms with E-state index in [1.165, 1.54) is 0 Å². The lowest BCUT2D eigenvalue weighted by molar-refractivity contribution is 1.06. The van der Waals surface area contributed by atoms with Gasteiger partial charge in [0.15, 0.2) is 4.77 Å². The van der Waals surface area contributed by atoms with Gasteiger partial charge in [0.2, 0.25) is 0 Å². The van der Waals surface area contributed by atoms with Crippen LogP contribution in [0.5, 0.6) is 0 Å². The van der Waals surface area contributed by atoms with Gasteiger partial charge in [-0.15, -0.1) is 0 Å². The molecule has 3 rings (SSSR count). The number of rotatable bonds is 1. The molecule has 102 valence electrons. The summed E-state index contributed by atoms with van der Waals surface area (Å²) in [4.78, 5) is 3.20. The molecule has 0 aliphatic heterocycles. The fraction of sp³-hybridized carbons (Fsp3) is 0.0714. The van der Waals surface area contributed by atoms with Crippen molar-refractivity contribution < 1.29 is 0 Å². The average molecular weight is 435 g/mol. The Labute approximate surface area is 144 Å². The number of aryl methyl sites for hydroxylation is 1. The molecule has 1 aromatic heterocycles. The second kappa shape index (κ2) is 5.33. The zero-order valence-corrected chi connectivity index (χ0v) is 14.9. The zero-order valence-electron chi connectivity index (χ0n) is 10.4. The Morgan fingerprint density at radius 3 is 2.65 bits per heavy atom. The van der Waals surface area contributed by atoms with Gasteiger partial charge in [-0.2, -0.15) is 0 Å². The minimum Gasteiger partial charge on any atom is -0.330 e. The minimum absolute atomic E-state index is 0.601. The molecule has 2 aromatic carbocycles. The number of nitrogens with zero attached hydrogens (tertiary/aromatic N) is 1. The first-order valence-corrected chi connectivity index (χ1v) is 8.08. The molecule has 0 amide bonds. The fourth-order valence-corrected chi connectivity index (χ4v) is 3.39. The standard InChI is InChI=1S/C14H9Cl2IN2S/c1-7-4-10(16)13(6-9(7)15)19-12-3-2-8(17)5-11(12)18-14(19)20/h2-6H,1H3,(H,18,20). The van der Waals surface area contributed by atoms with E-state index in [9.17, 15) is 0 Å².